The largest absolute Gasteiger partial charge is 0.496 e. The van der Waals surface area contributed by atoms with E-state index in [2.05, 4.69) is 16.4 Å². The molecule has 0 saturated carbocycles. The molecule has 0 unspecified atom stereocenters. The van der Waals surface area contributed by atoms with Gasteiger partial charge in [0.15, 0.2) is 11.3 Å². The number of fused-ring (bicyclic) bond motifs is 3. The standard InChI is InChI=1S/C14H13NO2S.C7H7F2N.C2H6/c1-17-12-7-3-5-10-9(12)4-2-6-11-14(10)18-13(8-16)15-11;1-10-7-5(8)3-2-4-6(7)9;1-2/h3,5,7-8H,2,4,6H2,1H3;2-4,10H,1H3;1-2H3. The van der Waals surface area contributed by atoms with Crippen molar-refractivity contribution in [3.05, 3.63) is 64.3 Å². The van der Waals surface area contributed by atoms with Crippen LogP contribution in [-0.4, -0.2) is 25.4 Å². The van der Waals surface area contributed by atoms with Crippen molar-refractivity contribution in [2.45, 2.75) is 33.1 Å². The van der Waals surface area contributed by atoms with Crippen LogP contribution in [0, 0.1) is 11.6 Å². The summed E-state index contributed by atoms with van der Waals surface area (Å²) >= 11 is 1.48. The van der Waals surface area contributed by atoms with Crippen LogP contribution in [-0.2, 0) is 12.8 Å². The molecule has 0 atom stereocenters. The number of ether oxygens (including phenoxy) is 1. The number of carbonyl (C=O) groups excluding carboxylic acids is 1. The number of nitrogens with zero attached hydrogens (tertiary/aromatic N) is 1. The molecule has 0 spiro atoms. The lowest BCUT2D eigenvalue weighted by Gasteiger charge is -2.10. The number of nitrogens with one attached hydrogen (secondary N) is 1. The molecule has 0 fully saturated rings. The highest BCUT2D eigenvalue weighted by molar-refractivity contribution is 7.16. The highest BCUT2D eigenvalue weighted by Crippen LogP contribution is 2.39. The first-order valence-electron chi connectivity index (χ1n) is 9.82. The monoisotopic (exact) mass is 432 g/mol. The highest BCUT2D eigenvalue weighted by atomic mass is 32.1. The number of hydrogen-bond donors (Lipinski definition) is 1. The zero-order chi connectivity index (χ0) is 22.1. The second kappa shape index (κ2) is 11.4. The lowest BCUT2D eigenvalue weighted by atomic mass is 10.0. The quantitative estimate of drug-likeness (QED) is 0.504. The molecule has 1 N–H and O–H groups in total. The number of methoxy groups -OCH3 is 1. The molecule has 0 saturated heterocycles. The van der Waals surface area contributed by atoms with Crippen molar-refractivity contribution in [3.8, 4) is 16.2 Å². The van der Waals surface area contributed by atoms with Crippen LogP contribution < -0.4 is 10.1 Å². The van der Waals surface area contributed by atoms with Crippen molar-refractivity contribution >= 4 is 23.3 Å². The Bertz CT molecular complexity index is 969. The van der Waals surface area contributed by atoms with Crippen LogP contribution in [0.25, 0.3) is 10.4 Å². The third-order valence-electron chi connectivity index (χ3n) is 4.47. The third-order valence-corrected chi connectivity index (χ3v) is 5.52. The summed E-state index contributed by atoms with van der Waals surface area (Å²) in [5.41, 5.74) is 3.38. The van der Waals surface area contributed by atoms with Gasteiger partial charge in [-0.1, -0.05) is 32.0 Å². The first-order chi connectivity index (χ1) is 14.6. The summed E-state index contributed by atoms with van der Waals surface area (Å²) in [6.07, 6.45) is 3.80. The number of rotatable bonds is 3. The van der Waals surface area contributed by atoms with Gasteiger partial charge in [-0.15, -0.1) is 11.3 Å². The summed E-state index contributed by atoms with van der Waals surface area (Å²) in [6, 6.07) is 9.81. The van der Waals surface area contributed by atoms with Gasteiger partial charge in [-0.2, -0.15) is 0 Å². The number of carbonyl (C=O) groups is 1. The van der Waals surface area contributed by atoms with E-state index in [1.807, 2.05) is 26.0 Å². The summed E-state index contributed by atoms with van der Waals surface area (Å²) in [6.45, 7) is 4.00. The van der Waals surface area contributed by atoms with E-state index in [1.54, 1.807) is 7.11 Å². The summed E-state index contributed by atoms with van der Waals surface area (Å²) in [4.78, 5) is 16.4. The lowest BCUT2D eigenvalue weighted by molar-refractivity contribution is 0.112. The van der Waals surface area contributed by atoms with Gasteiger partial charge in [0.25, 0.3) is 0 Å². The molecular weight excluding hydrogens is 406 g/mol. The van der Waals surface area contributed by atoms with E-state index in [0.717, 1.165) is 41.9 Å². The van der Waals surface area contributed by atoms with Gasteiger partial charge in [0, 0.05) is 18.2 Å². The molecule has 0 amide bonds. The van der Waals surface area contributed by atoms with Gasteiger partial charge in [0.05, 0.1) is 17.7 Å². The van der Waals surface area contributed by atoms with E-state index in [9.17, 15) is 13.6 Å². The van der Waals surface area contributed by atoms with E-state index in [1.165, 1.54) is 47.7 Å². The molecule has 4 rings (SSSR count). The number of anilines is 1. The van der Waals surface area contributed by atoms with Crippen LogP contribution in [0.5, 0.6) is 5.75 Å². The maximum absolute atomic E-state index is 12.5. The second-order valence-corrected chi connectivity index (χ2v) is 7.16. The molecule has 7 heteroatoms. The molecule has 3 aromatic rings. The normalized spacial score (nSPS) is 11.4. The van der Waals surface area contributed by atoms with Gasteiger partial charge in [-0.3, -0.25) is 4.79 Å². The number of para-hydroxylation sites is 1. The van der Waals surface area contributed by atoms with Crippen LogP contribution >= 0.6 is 11.3 Å². The molecule has 0 radical (unpaired) electrons. The number of aldehydes is 1. The molecule has 4 nitrogen and oxygen atoms in total. The van der Waals surface area contributed by atoms with Crippen molar-refractivity contribution in [2.75, 3.05) is 19.5 Å². The maximum atomic E-state index is 12.5. The predicted octanol–water partition coefficient (Wildman–Crippen LogP) is 6.15. The number of benzene rings is 2. The Balaban J connectivity index is 0.000000228. The molecule has 0 bridgehead atoms. The second-order valence-electron chi connectivity index (χ2n) is 6.13. The fourth-order valence-corrected chi connectivity index (χ4v) is 4.18. The van der Waals surface area contributed by atoms with Crippen molar-refractivity contribution in [1.82, 2.24) is 4.98 Å². The Labute approximate surface area is 179 Å². The van der Waals surface area contributed by atoms with Gasteiger partial charge >= 0.3 is 0 Å². The first kappa shape index (κ1) is 23.5. The minimum Gasteiger partial charge on any atom is -0.496 e. The molecule has 1 aliphatic rings. The Morgan fingerprint density at radius 3 is 2.33 bits per heavy atom. The molecule has 1 aromatic heterocycles. The molecule has 30 heavy (non-hydrogen) atoms. The highest BCUT2D eigenvalue weighted by Gasteiger charge is 2.21. The van der Waals surface area contributed by atoms with E-state index in [-0.39, 0.29) is 5.69 Å². The van der Waals surface area contributed by atoms with Crippen molar-refractivity contribution in [3.63, 3.8) is 0 Å². The average Bonchev–Trinajstić information content (AvgIpc) is 3.11. The number of hydrogen-bond acceptors (Lipinski definition) is 5. The minimum atomic E-state index is -0.567. The summed E-state index contributed by atoms with van der Waals surface area (Å²) in [5.74, 6) is -0.202. The number of aromatic nitrogens is 1. The number of aryl methyl sites for hydroxylation is 1. The predicted molar refractivity (Wildman–Crippen MR) is 119 cm³/mol. The Hall–Kier alpha value is -2.80. The van der Waals surface area contributed by atoms with E-state index < -0.39 is 11.6 Å². The van der Waals surface area contributed by atoms with Crippen molar-refractivity contribution in [1.29, 1.82) is 0 Å². The molecule has 0 aliphatic heterocycles. The zero-order valence-corrected chi connectivity index (χ0v) is 18.4. The topological polar surface area (TPSA) is 51.2 Å². The Morgan fingerprint density at radius 1 is 1.10 bits per heavy atom. The van der Waals surface area contributed by atoms with E-state index in [4.69, 9.17) is 4.74 Å². The van der Waals surface area contributed by atoms with Gasteiger partial charge in [0.2, 0.25) is 0 Å². The van der Waals surface area contributed by atoms with Crippen LogP contribution in [0.4, 0.5) is 14.5 Å². The van der Waals surface area contributed by atoms with Gasteiger partial charge < -0.3 is 10.1 Å². The molecular formula is C23H26F2N2O2S. The number of halogens is 2. The van der Waals surface area contributed by atoms with Crippen molar-refractivity contribution in [2.24, 2.45) is 0 Å². The maximum Gasteiger partial charge on any atom is 0.178 e. The summed E-state index contributed by atoms with van der Waals surface area (Å²) < 4.78 is 30.5. The third kappa shape index (κ3) is 5.21. The molecule has 2 aromatic carbocycles. The van der Waals surface area contributed by atoms with Crippen LogP contribution in [0.15, 0.2) is 36.4 Å². The fraction of sp³-hybridized carbons (Fsp3) is 0.304. The van der Waals surface area contributed by atoms with Gasteiger partial charge in [-0.05, 0) is 37.5 Å². The van der Waals surface area contributed by atoms with E-state index in [0.29, 0.717) is 5.01 Å². The van der Waals surface area contributed by atoms with Gasteiger partial charge in [0.1, 0.15) is 23.1 Å². The number of thiazole rings is 1. The Morgan fingerprint density at radius 2 is 1.77 bits per heavy atom. The smallest absolute Gasteiger partial charge is 0.178 e. The fourth-order valence-electron chi connectivity index (χ4n) is 3.20. The lowest BCUT2D eigenvalue weighted by Crippen LogP contribution is -1.95. The van der Waals surface area contributed by atoms with Crippen molar-refractivity contribution < 1.29 is 18.3 Å². The SMILES string of the molecule is CC.CNc1c(F)cccc1F.COc1cccc2c1CCCc1nc(C=O)sc1-2. The Kier molecular flexibility index (Phi) is 8.92. The van der Waals surface area contributed by atoms with E-state index >= 15 is 0 Å². The van der Waals surface area contributed by atoms with Crippen LogP contribution in [0.2, 0.25) is 0 Å². The van der Waals surface area contributed by atoms with Crippen LogP contribution in [0.1, 0.15) is 41.3 Å². The molecule has 160 valence electrons. The zero-order valence-electron chi connectivity index (χ0n) is 17.6. The molecule has 1 aliphatic carbocycles. The summed E-state index contributed by atoms with van der Waals surface area (Å²) in [5, 5.41) is 2.98. The van der Waals surface area contributed by atoms with Gasteiger partial charge in [-0.25, -0.2) is 13.8 Å². The average molecular weight is 433 g/mol. The minimum absolute atomic E-state index is 0.0810. The summed E-state index contributed by atoms with van der Waals surface area (Å²) in [7, 11) is 3.17. The van der Waals surface area contributed by atoms with Crippen LogP contribution in [0.3, 0.4) is 0 Å². The molecule has 1 heterocycles. The first-order valence-corrected chi connectivity index (χ1v) is 10.6.